The second-order valence-corrected chi connectivity index (χ2v) is 5.52. The molecule has 1 aliphatic heterocycles. The van der Waals surface area contributed by atoms with Crippen molar-refractivity contribution in [2.24, 2.45) is 11.8 Å². The summed E-state index contributed by atoms with van der Waals surface area (Å²) in [7, 11) is 0. The highest BCUT2D eigenvalue weighted by Gasteiger charge is 2.47. The molecule has 0 spiro atoms. The lowest BCUT2D eigenvalue weighted by atomic mass is 10.1. The van der Waals surface area contributed by atoms with Gasteiger partial charge >= 0.3 is 0 Å². The van der Waals surface area contributed by atoms with Crippen LogP contribution in [0.2, 0.25) is 0 Å². The average molecular weight is 256 g/mol. The molecule has 2 heterocycles. The predicted octanol–water partition coefficient (Wildman–Crippen LogP) is 1.77. The molecular weight excluding hydrogens is 240 g/mol. The van der Waals surface area contributed by atoms with Gasteiger partial charge in [-0.25, -0.2) is 0 Å². The number of carbonyl (C=O) groups is 1. The van der Waals surface area contributed by atoms with Gasteiger partial charge in [-0.15, -0.1) is 0 Å². The Morgan fingerprint density at radius 1 is 1.42 bits per heavy atom. The topological polar surface area (TPSA) is 54.3 Å². The molecule has 0 radical (unpaired) electrons. The molecule has 3 unspecified atom stereocenters. The zero-order valence-corrected chi connectivity index (χ0v) is 10.6. The van der Waals surface area contributed by atoms with E-state index in [2.05, 4.69) is 10.6 Å². The van der Waals surface area contributed by atoms with Gasteiger partial charge in [0, 0.05) is 18.0 Å². The molecule has 19 heavy (non-hydrogen) atoms. The molecule has 1 aromatic heterocycles. The van der Waals surface area contributed by atoms with Gasteiger partial charge in [0.05, 0.1) is 11.8 Å². The van der Waals surface area contributed by atoms with Gasteiger partial charge in [-0.3, -0.25) is 4.79 Å². The summed E-state index contributed by atoms with van der Waals surface area (Å²) in [5.41, 5.74) is 1.45. The number of hydrogen-bond donors (Lipinski definition) is 2. The lowest BCUT2D eigenvalue weighted by Crippen LogP contribution is -2.39. The number of benzene rings is 1. The van der Waals surface area contributed by atoms with Crippen LogP contribution in [0.3, 0.4) is 0 Å². The normalized spacial score (nSPS) is 28.3. The molecule has 4 rings (SSSR count). The first-order valence-corrected chi connectivity index (χ1v) is 6.81. The summed E-state index contributed by atoms with van der Waals surface area (Å²) in [6, 6.07) is 7.87. The van der Waals surface area contributed by atoms with Gasteiger partial charge in [0.1, 0.15) is 5.58 Å². The highest BCUT2D eigenvalue weighted by molar-refractivity contribution is 6.05. The number of furan rings is 1. The van der Waals surface area contributed by atoms with Gasteiger partial charge < -0.3 is 15.1 Å². The predicted molar refractivity (Wildman–Crippen MR) is 71.9 cm³/mol. The van der Waals surface area contributed by atoms with Crippen molar-refractivity contribution in [2.45, 2.75) is 12.5 Å². The van der Waals surface area contributed by atoms with Gasteiger partial charge in [-0.05, 0) is 43.0 Å². The largest absolute Gasteiger partial charge is 0.464 e. The summed E-state index contributed by atoms with van der Waals surface area (Å²) in [6.45, 7) is 1.83. The summed E-state index contributed by atoms with van der Waals surface area (Å²) in [4.78, 5) is 12.3. The van der Waals surface area contributed by atoms with Crippen molar-refractivity contribution in [3.8, 4) is 0 Å². The number of piperidine rings is 1. The van der Waals surface area contributed by atoms with E-state index in [0.29, 0.717) is 18.2 Å². The lowest BCUT2D eigenvalue weighted by Gasteiger charge is -2.14. The van der Waals surface area contributed by atoms with Crippen LogP contribution in [-0.4, -0.2) is 25.0 Å². The fourth-order valence-electron chi connectivity index (χ4n) is 3.17. The Balaban J connectivity index is 1.49. The van der Waals surface area contributed by atoms with Gasteiger partial charge in [0.25, 0.3) is 5.91 Å². The molecule has 1 amide bonds. The average Bonchev–Trinajstić information content (AvgIpc) is 2.87. The second kappa shape index (κ2) is 4.10. The van der Waals surface area contributed by atoms with Crippen molar-refractivity contribution in [1.29, 1.82) is 0 Å². The van der Waals surface area contributed by atoms with Crippen molar-refractivity contribution in [2.75, 3.05) is 13.1 Å². The monoisotopic (exact) mass is 256 g/mol. The summed E-state index contributed by atoms with van der Waals surface area (Å²) in [6.07, 6.45) is 2.94. The highest BCUT2D eigenvalue weighted by Crippen LogP contribution is 2.44. The minimum Gasteiger partial charge on any atom is -0.464 e. The summed E-state index contributed by atoms with van der Waals surface area (Å²) >= 11 is 0. The van der Waals surface area contributed by atoms with E-state index in [-0.39, 0.29) is 5.91 Å². The van der Waals surface area contributed by atoms with Gasteiger partial charge in [0.15, 0.2) is 0 Å². The van der Waals surface area contributed by atoms with Crippen LogP contribution in [0.25, 0.3) is 11.0 Å². The van der Waals surface area contributed by atoms with Crippen LogP contribution in [0.1, 0.15) is 16.8 Å². The first kappa shape index (κ1) is 11.1. The molecule has 3 atom stereocenters. The Labute approximate surface area is 111 Å². The molecule has 4 nitrogen and oxygen atoms in total. The molecule has 1 saturated carbocycles. The number of nitrogens with one attached hydrogen (secondary N) is 2. The third-order valence-corrected chi connectivity index (χ3v) is 4.36. The van der Waals surface area contributed by atoms with Crippen LogP contribution in [0.15, 0.2) is 34.9 Å². The highest BCUT2D eigenvalue weighted by atomic mass is 16.3. The summed E-state index contributed by atoms with van der Waals surface area (Å²) in [5.74, 6) is 1.63. The van der Waals surface area contributed by atoms with Crippen molar-refractivity contribution in [3.05, 3.63) is 36.1 Å². The Morgan fingerprint density at radius 2 is 2.37 bits per heavy atom. The van der Waals surface area contributed by atoms with Crippen molar-refractivity contribution < 1.29 is 9.21 Å². The van der Waals surface area contributed by atoms with Crippen molar-refractivity contribution in [1.82, 2.24) is 10.6 Å². The van der Waals surface area contributed by atoms with E-state index in [9.17, 15) is 4.79 Å². The number of rotatable bonds is 3. The fourth-order valence-corrected chi connectivity index (χ4v) is 3.17. The molecule has 1 aliphatic carbocycles. The van der Waals surface area contributed by atoms with Gasteiger partial charge in [0.2, 0.25) is 0 Å². The first-order chi connectivity index (χ1) is 9.33. The van der Waals surface area contributed by atoms with E-state index in [1.807, 2.05) is 24.3 Å². The van der Waals surface area contributed by atoms with Crippen LogP contribution >= 0.6 is 0 Å². The smallest absolute Gasteiger partial charge is 0.252 e. The third kappa shape index (κ3) is 1.83. The Hall–Kier alpha value is -1.81. The van der Waals surface area contributed by atoms with Crippen LogP contribution in [0.5, 0.6) is 0 Å². The molecule has 2 aromatic rings. The Kier molecular flexibility index (Phi) is 2.38. The van der Waals surface area contributed by atoms with E-state index >= 15 is 0 Å². The molecule has 1 aromatic carbocycles. The number of fused-ring (bicyclic) bond motifs is 2. The molecule has 2 N–H and O–H groups in total. The van der Waals surface area contributed by atoms with E-state index < -0.39 is 0 Å². The number of carbonyl (C=O) groups excluding carboxylic acids is 1. The van der Waals surface area contributed by atoms with E-state index in [0.717, 1.165) is 29.3 Å². The molecule has 4 heteroatoms. The van der Waals surface area contributed by atoms with Crippen LogP contribution in [0.4, 0.5) is 0 Å². The molecule has 2 fully saturated rings. The standard InChI is InChI=1S/C15H16N2O2/c18-15(17-8-13-12-6-9(12)7-16-13)11-2-1-3-14-10(11)4-5-19-14/h1-5,9,12-13,16H,6-8H2,(H,17,18). The zero-order valence-electron chi connectivity index (χ0n) is 10.6. The summed E-state index contributed by atoms with van der Waals surface area (Å²) in [5, 5.41) is 7.38. The van der Waals surface area contributed by atoms with Crippen LogP contribution < -0.4 is 10.6 Å². The first-order valence-electron chi connectivity index (χ1n) is 6.81. The SMILES string of the molecule is O=C(NCC1NCC2CC21)c1cccc2occc12. The maximum absolute atomic E-state index is 12.3. The van der Waals surface area contributed by atoms with Crippen molar-refractivity contribution >= 4 is 16.9 Å². The van der Waals surface area contributed by atoms with Crippen LogP contribution in [0, 0.1) is 11.8 Å². The van der Waals surface area contributed by atoms with Crippen molar-refractivity contribution in [3.63, 3.8) is 0 Å². The number of hydrogen-bond acceptors (Lipinski definition) is 3. The maximum Gasteiger partial charge on any atom is 0.252 e. The minimum atomic E-state index is -0.0158. The lowest BCUT2D eigenvalue weighted by molar-refractivity contribution is 0.0951. The third-order valence-electron chi connectivity index (χ3n) is 4.36. The maximum atomic E-state index is 12.3. The fraction of sp³-hybridized carbons (Fsp3) is 0.400. The Bertz CT molecular complexity index is 634. The van der Waals surface area contributed by atoms with Gasteiger partial charge in [-0.1, -0.05) is 6.07 Å². The molecule has 98 valence electrons. The van der Waals surface area contributed by atoms with Crippen LogP contribution in [-0.2, 0) is 0 Å². The molecular formula is C15H16N2O2. The Morgan fingerprint density at radius 3 is 3.16 bits per heavy atom. The number of amides is 1. The minimum absolute atomic E-state index is 0.0158. The van der Waals surface area contributed by atoms with Gasteiger partial charge in [-0.2, -0.15) is 0 Å². The van der Waals surface area contributed by atoms with E-state index in [1.54, 1.807) is 6.26 Å². The molecule has 2 aliphatic rings. The molecule has 0 bridgehead atoms. The molecule has 1 saturated heterocycles. The van der Waals surface area contributed by atoms with E-state index in [4.69, 9.17) is 4.42 Å². The quantitative estimate of drug-likeness (QED) is 0.880. The second-order valence-electron chi connectivity index (χ2n) is 5.52. The zero-order chi connectivity index (χ0) is 12.8. The summed E-state index contributed by atoms with van der Waals surface area (Å²) < 4.78 is 5.32. The van der Waals surface area contributed by atoms with E-state index in [1.165, 1.54) is 6.42 Å².